The summed E-state index contributed by atoms with van der Waals surface area (Å²) in [6.07, 6.45) is 1.00. The van der Waals surface area contributed by atoms with E-state index in [0.717, 1.165) is 0 Å². The Morgan fingerprint density at radius 3 is 2.55 bits per heavy atom. The third-order valence-corrected chi connectivity index (χ3v) is 4.27. The molecule has 0 aromatic heterocycles. The van der Waals surface area contributed by atoms with E-state index in [-0.39, 0.29) is 30.7 Å². The van der Waals surface area contributed by atoms with Gasteiger partial charge in [0.15, 0.2) is 0 Å². The number of carboxylic acid groups (broad SMARTS) is 1. The van der Waals surface area contributed by atoms with Gasteiger partial charge in [0.25, 0.3) is 5.91 Å². The second-order valence-electron chi connectivity index (χ2n) is 5.69. The molecule has 0 aliphatic carbocycles. The minimum Gasteiger partial charge on any atom is -0.481 e. The second-order valence-corrected chi connectivity index (χ2v) is 5.69. The number of nitrogens with zero attached hydrogens (tertiary/aromatic N) is 2. The van der Waals surface area contributed by atoms with Crippen molar-refractivity contribution in [2.45, 2.75) is 33.1 Å². The number of carbonyl (C=O) groups excluding carboxylic acids is 2. The van der Waals surface area contributed by atoms with Gasteiger partial charge in [-0.3, -0.25) is 14.4 Å². The van der Waals surface area contributed by atoms with E-state index in [1.165, 1.54) is 4.90 Å². The van der Waals surface area contributed by atoms with Crippen LogP contribution >= 0.6 is 0 Å². The monoisotopic (exact) mass is 281 g/mol. The third-order valence-electron chi connectivity index (χ3n) is 4.27. The van der Waals surface area contributed by atoms with E-state index in [1.807, 2.05) is 13.8 Å². The molecule has 0 radical (unpaired) electrons. The van der Waals surface area contributed by atoms with Gasteiger partial charge in [0.1, 0.15) is 5.71 Å². The molecule has 0 aromatic carbocycles. The molecule has 2 aliphatic rings. The van der Waals surface area contributed by atoms with Crippen LogP contribution in [0.15, 0.2) is 5.10 Å². The van der Waals surface area contributed by atoms with Gasteiger partial charge in [0, 0.05) is 25.9 Å². The maximum Gasteiger partial charge on any atom is 0.311 e. The molecule has 110 valence electrons. The molecule has 0 spiro atoms. The van der Waals surface area contributed by atoms with Gasteiger partial charge in [-0.15, -0.1) is 0 Å². The average Bonchev–Trinajstić information content (AvgIpc) is 2.85. The molecule has 7 heteroatoms. The molecule has 2 amide bonds. The molecule has 2 heterocycles. The average molecular weight is 281 g/mol. The van der Waals surface area contributed by atoms with Gasteiger partial charge in [0.05, 0.1) is 5.41 Å². The van der Waals surface area contributed by atoms with Gasteiger partial charge >= 0.3 is 5.97 Å². The second kappa shape index (κ2) is 5.22. The lowest BCUT2D eigenvalue weighted by atomic mass is 9.76. The number of hydrogen-bond donors (Lipinski definition) is 2. The van der Waals surface area contributed by atoms with Crippen LogP contribution in [0.1, 0.15) is 33.1 Å². The van der Waals surface area contributed by atoms with Gasteiger partial charge in [-0.2, -0.15) is 5.10 Å². The molecule has 2 aliphatic heterocycles. The number of likely N-dealkylation sites (tertiary alicyclic amines) is 1. The van der Waals surface area contributed by atoms with Gasteiger partial charge in [-0.1, -0.05) is 13.8 Å². The summed E-state index contributed by atoms with van der Waals surface area (Å²) in [7, 11) is 0. The van der Waals surface area contributed by atoms with Crippen molar-refractivity contribution in [3.63, 3.8) is 0 Å². The maximum absolute atomic E-state index is 12.3. The van der Waals surface area contributed by atoms with Crippen LogP contribution in [0.25, 0.3) is 0 Å². The summed E-state index contributed by atoms with van der Waals surface area (Å²) in [5.74, 6) is -1.38. The van der Waals surface area contributed by atoms with E-state index < -0.39 is 11.4 Å². The van der Waals surface area contributed by atoms with Crippen molar-refractivity contribution in [1.29, 1.82) is 0 Å². The van der Waals surface area contributed by atoms with Crippen molar-refractivity contribution in [3.8, 4) is 0 Å². The van der Waals surface area contributed by atoms with Crippen LogP contribution in [0.4, 0.5) is 0 Å². The van der Waals surface area contributed by atoms with E-state index in [4.69, 9.17) is 0 Å². The molecule has 0 bridgehead atoms. The number of nitrogens with one attached hydrogen (secondary N) is 1. The Bertz CT molecular complexity index is 486. The van der Waals surface area contributed by atoms with Crippen molar-refractivity contribution in [2.75, 3.05) is 13.1 Å². The first-order chi connectivity index (χ1) is 9.36. The maximum atomic E-state index is 12.3. The van der Waals surface area contributed by atoms with Crippen LogP contribution in [0.3, 0.4) is 0 Å². The molecule has 0 saturated carbocycles. The van der Waals surface area contributed by atoms with E-state index >= 15 is 0 Å². The fourth-order valence-electron chi connectivity index (χ4n) is 2.71. The molecule has 1 unspecified atom stereocenters. The number of rotatable bonds is 3. The number of hydrazone groups is 1. The van der Waals surface area contributed by atoms with E-state index in [2.05, 4.69) is 10.5 Å². The van der Waals surface area contributed by atoms with Gasteiger partial charge < -0.3 is 10.0 Å². The minimum atomic E-state index is -0.881. The number of carboxylic acids is 1. The van der Waals surface area contributed by atoms with E-state index in [0.29, 0.717) is 25.1 Å². The Hall–Kier alpha value is -1.92. The van der Waals surface area contributed by atoms with Crippen LogP contribution in [-0.4, -0.2) is 46.6 Å². The summed E-state index contributed by atoms with van der Waals surface area (Å²) in [4.78, 5) is 36.4. The lowest BCUT2D eigenvalue weighted by molar-refractivity contribution is -0.151. The quantitative estimate of drug-likeness (QED) is 0.772. The first-order valence-corrected chi connectivity index (χ1v) is 6.75. The SMILES string of the molecule is CC(C)C1(C(=O)O)CCN(C(=O)C2=NNC(=O)CC2)C1. The van der Waals surface area contributed by atoms with Crippen LogP contribution in [0, 0.1) is 11.3 Å². The molecule has 7 nitrogen and oxygen atoms in total. The fourth-order valence-corrected chi connectivity index (χ4v) is 2.71. The first-order valence-electron chi connectivity index (χ1n) is 6.75. The molecule has 2 N–H and O–H groups in total. The number of aliphatic carboxylic acids is 1. The van der Waals surface area contributed by atoms with Crippen LogP contribution in [0.5, 0.6) is 0 Å². The summed E-state index contributed by atoms with van der Waals surface area (Å²) < 4.78 is 0. The van der Waals surface area contributed by atoms with Gasteiger partial charge in [-0.25, -0.2) is 5.43 Å². The predicted molar refractivity (Wildman–Crippen MR) is 70.9 cm³/mol. The molecule has 1 atom stereocenters. The van der Waals surface area contributed by atoms with Crippen molar-refractivity contribution in [3.05, 3.63) is 0 Å². The number of amides is 2. The van der Waals surface area contributed by atoms with Crippen LogP contribution < -0.4 is 5.43 Å². The van der Waals surface area contributed by atoms with Crippen molar-refractivity contribution >= 4 is 23.5 Å². The zero-order chi connectivity index (χ0) is 14.9. The molecule has 2 rings (SSSR count). The fraction of sp³-hybridized carbons (Fsp3) is 0.692. The largest absolute Gasteiger partial charge is 0.481 e. The summed E-state index contributed by atoms with van der Waals surface area (Å²) in [6, 6.07) is 0. The Kier molecular flexibility index (Phi) is 3.78. The Labute approximate surface area is 117 Å². The molecular formula is C13H19N3O4. The highest BCUT2D eigenvalue weighted by Gasteiger charge is 2.49. The molecule has 20 heavy (non-hydrogen) atoms. The highest BCUT2D eigenvalue weighted by atomic mass is 16.4. The summed E-state index contributed by atoms with van der Waals surface area (Å²) in [5.41, 5.74) is 1.71. The Balaban J connectivity index is 2.11. The highest BCUT2D eigenvalue weighted by molar-refractivity contribution is 6.39. The molecule has 1 fully saturated rings. The Morgan fingerprint density at radius 2 is 2.10 bits per heavy atom. The van der Waals surface area contributed by atoms with Gasteiger partial charge in [0.2, 0.25) is 5.91 Å². The zero-order valence-electron chi connectivity index (χ0n) is 11.7. The normalized spacial score (nSPS) is 26.4. The number of carbonyl (C=O) groups is 3. The minimum absolute atomic E-state index is 0.0502. The van der Waals surface area contributed by atoms with Crippen molar-refractivity contribution < 1.29 is 19.5 Å². The number of hydrogen-bond acceptors (Lipinski definition) is 4. The lowest BCUT2D eigenvalue weighted by Crippen LogP contribution is -2.43. The predicted octanol–water partition coefficient (Wildman–Crippen LogP) is 0.212. The topological polar surface area (TPSA) is 99.1 Å². The summed E-state index contributed by atoms with van der Waals surface area (Å²) in [5, 5.41) is 13.2. The zero-order valence-corrected chi connectivity index (χ0v) is 11.7. The lowest BCUT2D eigenvalue weighted by Gasteiger charge is -2.28. The van der Waals surface area contributed by atoms with Crippen molar-refractivity contribution in [1.82, 2.24) is 10.3 Å². The van der Waals surface area contributed by atoms with Crippen LogP contribution in [0.2, 0.25) is 0 Å². The molecule has 0 aromatic rings. The van der Waals surface area contributed by atoms with Gasteiger partial charge in [-0.05, 0) is 12.3 Å². The van der Waals surface area contributed by atoms with E-state index in [1.54, 1.807) is 0 Å². The van der Waals surface area contributed by atoms with E-state index in [9.17, 15) is 19.5 Å². The highest BCUT2D eigenvalue weighted by Crippen LogP contribution is 2.38. The standard InChI is InChI=1S/C13H19N3O4/c1-8(2)13(12(19)20)5-6-16(7-13)11(18)9-3-4-10(17)15-14-9/h8H,3-7H2,1-2H3,(H,15,17)(H,19,20). The molecule has 1 saturated heterocycles. The third kappa shape index (κ3) is 2.39. The summed E-state index contributed by atoms with van der Waals surface area (Å²) >= 11 is 0. The Morgan fingerprint density at radius 1 is 1.40 bits per heavy atom. The molecular weight excluding hydrogens is 262 g/mol. The van der Waals surface area contributed by atoms with Crippen molar-refractivity contribution in [2.24, 2.45) is 16.4 Å². The van der Waals surface area contributed by atoms with Crippen LogP contribution in [-0.2, 0) is 14.4 Å². The smallest absolute Gasteiger partial charge is 0.311 e. The first kappa shape index (κ1) is 14.5. The summed E-state index contributed by atoms with van der Waals surface area (Å²) in [6.45, 7) is 4.34.